The van der Waals surface area contributed by atoms with E-state index in [4.69, 9.17) is 9.72 Å². The van der Waals surface area contributed by atoms with Crippen molar-refractivity contribution < 1.29 is 9.53 Å². The van der Waals surface area contributed by atoms with Crippen LogP contribution in [0.5, 0.6) is 5.75 Å². The Hall–Kier alpha value is -3.93. The lowest BCUT2D eigenvalue weighted by molar-refractivity contribution is 0.0973. The van der Waals surface area contributed by atoms with E-state index in [-0.39, 0.29) is 5.91 Å². The van der Waals surface area contributed by atoms with Gasteiger partial charge in [-0.1, -0.05) is 36.4 Å². The van der Waals surface area contributed by atoms with Crippen LogP contribution in [0, 0.1) is 0 Å². The minimum atomic E-state index is -0.522. The molecule has 0 unspecified atom stereocenters. The highest BCUT2D eigenvalue weighted by atomic mass is 16.5. The number of fused-ring (bicyclic) bond motifs is 2. The molecule has 0 bridgehead atoms. The summed E-state index contributed by atoms with van der Waals surface area (Å²) in [7, 11) is 1.60. The van der Waals surface area contributed by atoms with Gasteiger partial charge in [-0.25, -0.2) is 4.98 Å². The summed E-state index contributed by atoms with van der Waals surface area (Å²) in [4.78, 5) is 24.5. The van der Waals surface area contributed by atoms with Gasteiger partial charge in [0.15, 0.2) is 6.17 Å². The van der Waals surface area contributed by atoms with Crippen LogP contribution in [0.3, 0.4) is 0 Å². The number of nitrogens with one attached hydrogen (secondary N) is 1. The molecule has 1 N–H and O–H groups in total. The Morgan fingerprint density at radius 2 is 1.66 bits per heavy atom. The molecular formula is C23H18N4O2. The zero-order chi connectivity index (χ0) is 19.8. The molecule has 142 valence electrons. The summed E-state index contributed by atoms with van der Waals surface area (Å²) in [5.41, 5.74) is 4.27. The maximum Gasteiger partial charge on any atom is 0.262 e. The molecular weight excluding hydrogens is 364 g/mol. The highest BCUT2D eigenvalue weighted by Gasteiger charge is 2.36. The summed E-state index contributed by atoms with van der Waals surface area (Å²) in [6.07, 6.45) is 1.19. The van der Waals surface area contributed by atoms with Crippen LogP contribution in [0.1, 0.15) is 22.2 Å². The Morgan fingerprint density at radius 1 is 0.931 bits per heavy atom. The number of hydrogen-bond donors (Lipinski definition) is 1. The lowest BCUT2D eigenvalue weighted by atomic mass is 10.0. The number of aromatic nitrogens is 2. The maximum atomic E-state index is 13.5. The number of rotatable bonds is 3. The van der Waals surface area contributed by atoms with Gasteiger partial charge in [-0.2, -0.15) is 0 Å². The number of carbonyl (C=O) groups is 1. The Kier molecular flexibility index (Phi) is 4.09. The Bertz CT molecular complexity index is 1220. The number of nitrogens with zero attached hydrogens (tertiary/aromatic N) is 3. The third-order valence-corrected chi connectivity index (χ3v) is 5.02. The van der Waals surface area contributed by atoms with Gasteiger partial charge < -0.3 is 10.1 Å². The van der Waals surface area contributed by atoms with E-state index in [1.807, 2.05) is 72.8 Å². The van der Waals surface area contributed by atoms with Crippen molar-refractivity contribution in [2.75, 3.05) is 17.3 Å². The lowest BCUT2D eigenvalue weighted by Gasteiger charge is -2.37. The minimum absolute atomic E-state index is 0.121. The first-order chi connectivity index (χ1) is 14.3. The van der Waals surface area contributed by atoms with Crippen molar-refractivity contribution in [3.63, 3.8) is 0 Å². The van der Waals surface area contributed by atoms with Crippen LogP contribution in [0.2, 0.25) is 0 Å². The van der Waals surface area contributed by atoms with E-state index in [1.165, 1.54) is 0 Å². The van der Waals surface area contributed by atoms with Gasteiger partial charge in [-0.3, -0.25) is 14.7 Å². The number of benzene rings is 3. The molecule has 4 aromatic rings. The third-order valence-electron chi connectivity index (χ3n) is 5.02. The Balaban J connectivity index is 1.70. The molecule has 0 aliphatic carbocycles. The standard InChI is InChI=1S/C23H18N4O2/c1-29-21-13-7-6-12-20(21)27-22(26-16-9-3-2-8-15(16)23(27)28)19-14-24-17-10-4-5-11-18(17)25-19/h2-14,22,26H,1H3/t22-/m0/s1. The topological polar surface area (TPSA) is 67.3 Å². The number of hydrogen-bond acceptors (Lipinski definition) is 5. The second-order valence-corrected chi connectivity index (χ2v) is 6.72. The smallest absolute Gasteiger partial charge is 0.262 e. The Morgan fingerprint density at radius 3 is 2.52 bits per heavy atom. The molecule has 0 saturated heterocycles. The van der Waals surface area contributed by atoms with E-state index in [0.717, 1.165) is 16.7 Å². The van der Waals surface area contributed by atoms with Crippen molar-refractivity contribution in [2.24, 2.45) is 0 Å². The summed E-state index contributed by atoms with van der Waals surface area (Å²) in [5, 5.41) is 3.46. The predicted molar refractivity (Wildman–Crippen MR) is 112 cm³/mol. The highest BCUT2D eigenvalue weighted by Crippen LogP contribution is 2.39. The molecule has 0 radical (unpaired) electrons. The molecule has 1 aliphatic rings. The molecule has 1 aromatic heterocycles. The normalized spacial score (nSPS) is 15.7. The first-order valence-corrected chi connectivity index (χ1v) is 9.30. The monoisotopic (exact) mass is 382 g/mol. The number of carbonyl (C=O) groups excluding carboxylic acids is 1. The highest BCUT2D eigenvalue weighted by molar-refractivity contribution is 6.12. The molecule has 1 aliphatic heterocycles. The van der Waals surface area contributed by atoms with Crippen molar-refractivity contribution in [1.29, 1.82) is 0 Å². The van der Waals surface area contributed by atoms with Crippen LogP contribution in [0.15, 0.2) is 79.0 Å². The molecule has 0 fully saturated rings. The average molecular weight is 382 g/mol. The van der Waals surface area contributed by atoms with E-state index in [1.54, 1.807) is 18.2 Å². The summed E-state index contributed by atoms with van der Waals surface area (Å²) in [5.74, 6) is 0.490. The zero-order valence-corrected chi connectivity index (χ0v) is 15.7. The fraction of sp³-hybridized carbons (Fsp3) is 0.0870. The fourth-order valence-electron chi connectivity index (χ4n) is 3.64. The Labute approximate surface area is 167 Å². The van der Waals surface area contributed by atoms with E-state index in [9.17, 15) is 4.79 Å². The van der Waals surface area contributed by atoms with Gasteiger partial charge in [-0.05, 0) is 36.4 Å². The van der Waals surface area contributed by atoms with Gasteiger partial charge in [0, 0.05) is 5.69 Å². The maximum absolute atomic E-state index is 13.5. The molecule has 1 atom stereocenters. The van der Waals surface area contributed by atoms with Crippen molar-refractivity contribution in [2.45, 2.75) is 6.17 Å². The molecule has 6 nitrogen and oxygen atoms in total. The summed E-state index contributed by atoms with van der Waals surface area (Å²) in [6, 6.07) is 22.6. The number of ether oxygens (including phenoxy) is 1. The van der Waals surface area contributed by atoms with Crippen LogP contribution >= 0.6 is 0 Å². The summed E-state index contributed by atoms with van der Waals surface area (Å²) < 4.78 is 5.53. The van der Waals surface area contributed by atoms with Gasteiger partial charge in [0.1, 0.15) is 11.4 Å². The second-order valence-electron chi connectivity index (χ2n) is 6.72. The number of amides is 1. The van der Waals surface area contributed by atoms with Crippen molar-refractivity contribution >= 4 is 28.3 Å². The lowest BCUT2D eigenvalue weighted by Crippen LogP contribution is -2.43. The predicted octanol–water partition coefficient (Wildman–Crippen LogP) is 4.41. The van der Waals surface area contributed by atoms with Crippen LogP contribution in [-0.2, 0) is 0 Å². The van der Waals surface area contributed by atoms with Crippen molar-refractivity contribution in [1.82, 2.24) is 9.97 Å². The molecule has 6 heteroatoms. The van der Waals surface area contributed by atoms with Crippen LogP contribution in [0.25, 0.3) is 11.0 Å². The SMILES string of the molecule is COc1ccccc1N1C(=O)c2ccccc2N[C@@H]1c1cnc2ccccc2n1. The van der Waals surface area contributed by atoms with Crippen LogP contribution < -0.4 is 15.0 Å². The fourth-order valence-corrected chi connectivity index (χ4v) is 3.64. The molecule has 3 aromatic carbocycles. The summed E-state index contributed by atoms with van der Waals surface area (Å²) in [6.45, 7) is 0. The first-order valence-electron chi connectivity index (χ1n) is 9.30. The van der Waals surface area contributed by atoms with E-state index in [0.29, 0.717) is 22.7 Å². The molecule has 2 heterocycles. The number of para-hydroxylation sites is 5. The zero-order valence-electron chi connectivity index (χ0n) is 15.7. The van der Waals surface area contributed by atoms with Gasteiger partial charge in [0.25, 0.3) is 5.91 Å². The van der Waals surface area contributed by atoms with Crippen LogP contribution in [0.4, 0.5) is 11.4 Å². The quantitative estimate of drug-likeness (QED) is 0.568. The largest absolute Gasteiger partial charge is 0.495 e. The number of methoxy groups -OCH3 is 1. The van der Waals surface area contributed by atoms with E-state index < -0.39 is 6.17 Å². The van der Waals surface area contributed by atoms with E-state index >= 15 is 0 Å². The number of anilines is 2. The van der Waals surface area contributed by atoms with Gasteiger partial charge >= 0.3 is 0 Å². The van der Waals surface area contributed by atoms with Crippen LogP contribution in [-0.4, -0.2) is 23.0 Å². The molecule has 5 rings (SSSR count). The third kappa shape index (κ3) is 2.86. The molecule has 29 heavy (non-hydrogen) atoms. The van der Waals surface area contributed by atoms with Gasteiger partial charge in [-0.15, -0.1) is 0 Å². The van der Waals surface area contributed by atoms with Gasteiger partial charge in [0.05, 0.1) is 35.6 Å². The van der Waals surface area contributed by atoms with Crippen molar-refractivity contribution in [3.05, 3.63) is 90.3 Å². The average Bonchev–Trinajstić information content (AvgIpc) is 2.79. The molecule has 0 spiro atoms. The molecule has 0 saturated carbocycles. The first kappa shape index (κ1) is 17.2. The van der Waals surface area contributed by atoms with E-state index in [2.05, 4.69) is 10.3 Å². The second kappa shape index (κ2) is 6.91. The van der Waals surface area contributed by atoms with Crippen molar-refractivity contribution in [3.8, 4) is 5.75 Å². The summed E-state index contributed by atoms with van der Waals surface area (Å²) >= 11 is 0. The minimum Gasteiger partial charge on any atom is -0.495 e. The molecule has 1 amide bonds. The van der Waals surface area contributed by atoms with Gasteiger partial charge in [0.2, 0.25) is 0 Å².